The Hall–Kier alpha value is -0.860. The minimum atomic E-state index is 0. The highest BCUT2D eigenvalue weighted by Crippen LogP contribution is 2.19. The third kappa shape index (κ3) is 8.22. The average Bonchev–Trinajstić information content (AvgIpc) is 2.62. The van der Waals surface area contributed by atoms with Crippen LogP contribution in [0.15, 0.2) is 35.3 Å². The van der Waals surface area contributed by atoms with Crippen molar-refractivity contribution in [2.45, 2.75) is 51.7 Å². The van der Waals surface area contributed by atoms with Crippen LogP contribution in [0.1, 0.15) is 38.7 Å². The molecule has 5 nitrogen and oxygen atoms in total. The number of ether oxygens (including phenoxy) is 1. The molecule has 0 aliphatic carbocycles. The van der Waals surface area contributed by atoms with E-state index >= 15 is 0 Å². The number of guanidine groups is 1. The zero-order chi connectivity index (χ0) is 17.9. The van der Waals surface area contributed by atoms with Gasteiger partial charge < -0.3 is 15.4 Å². The van der Waals surface area contributed by atoms with Crippen LogP contribution in [-0.2, 0) is 11.3 Å². The number of rotatable bonds is 8. The van der Waals surface area contributed by atoms with Crippen molar-refractivity contribution in [1.29, 1.82) is 0 Å². The van der Waals surface area contributed by atoms with E-state index in [1.165, 1.54) is 5.56 Å². The minimum absolute atomic E-state index is 0. The molecule has 0 saturated carbocycles. The third-order valence-corrected chi connectivity index (χ3v) is 4.70. The van der Waals surface area contributed by atoms with E-state index in [-0.39, 0.29) is 24.0 Å². The zero-order valence-electron chi connectivity index (χ0n) is 16.4. The van der Waals surface area contributed by atoms with Crippen molar-refractivity contribution >= 4 is 29.9 Å². The summed E-state index contributed by atoms with van der Waals surface area (Å²) in [5.74, 6) is 0.937. The van der Waals surface area contributed by atoms with Gasteiger partial charge in [-0.15, -0.1) is 24.0 Å². The molecule has 1 aliphatic rings. The van der Waals surface area contributed by atoms with Gasteiger partial charge in [0.05, 0.1) is 0 Å². The Labute approximate surface area is 176 Å². The quantitative estimate of drug-likeness (QED) is 0.263. The molecule has 2 atom stereocenters. The molecule has 1 aromatic carbocycles. The Morgan fingerprint density at radius 2 is 2.08 bits per heavy atom. The first-order valence-corrected chi connectivity index (χ1v) is 9.54. The van der Waals surface area contributed by atoms with E-state index in [0.29, 0.717) is 12.1 Å². The summed E-state index contributed by atoms with van der Waals surface area (Å²) in [5.41, 5.74) is 1.40. The molecule has 1 saturated heterocycles. The lowest BCUT2D eigenvalue weighted by Gasteiger charge is -2.38. The maximum atomic E-state index is 5.09. The molecule has 1 aromatic rings. The number of benzene rings is 1. The van der Waals surface area contributed by atoms with Crippen molar-refractivity contribution in [2.24, 2.45) is 4.99 Å². The van der Waals surface area contributed by atoms with Gasteiger partial charge in [0.15, 0.2) is 5.96 Å². The van der Waals surface area contributed by atoms with Crippen molar-refractivity contribution in [1.82, 2.24) is 15.5 Å². The van der Waals surface area contributed by atoms with Crippen molar-refractivity contribution in [3.63, 3.8) is 0 Å². The highest BCUT2D eigenvalue weighted by Gasteiger charge is 2.25. The second kappa shape index (κ2) is 13.3. The van der Waals surface area contributed by atoms with E-state index in [1.54, 1.807) is 7.11 Å². The molecular weight excluding hydrogens is 439 g/mol. The largest absolute Gasteiger partial charge is 0.385 e. The molecule has 6 heteroatoms. The molecule has 0 radical (unpaired) electrons. The standard InChI is InChI=1S/C20H34N4O.HI/c1-4-21-20(22-12-8-14-25-3)23-19-11-13-24(17(2)15-19)16-18-9-6-5-7-10-18;/h5-7,9-10,17,19H,4,8,11-16H2,1-3H3,(H2,21,22,23);1H. The van der Waals surface area contributed by atoms with Gasteiger partial charge in [-0.3, -0.25) is 9.89 Å². The van der Waals surface area contributed by atoms with Gasteiger partial charge in [0.25, 0.3) is 0 Å². The predicted molar refractivity (Wildman–Crippen MR) is 120 cm³/mol. The second-order valence-corrected chi connectivity index (χ2v) is 6.78. The summed E-state index contributed by atoms with van der Waals surface area (Å²) < 4.78 is 5.09. The van der Waals surface area contributed by atoms with E-state index in [2.05, 4.69) is 64.7 Å². The monoisotopic (exact) mass is 474 g/mol. The van der Waals surface area contributed by atoms with Crippen molar-refractivity contribution < 1.29 is 4.74 Å². The van der Waals surface area contributed by atoms with Gasteiger partial charge in [-0.2, -0.15) is 0 Å². The van der Waals surface area contributed by atoms with Crippen molar-refractivity contribution in [3.8, 4) is 0 Å². The molecular formula is C20H35IN4O. The summed E-state index contributed by atoms with van der Waals surface area (Å²) in [6, 6.07) is 11.8. The molecule has 1 fully saturated rings. The van der Waals surface area contributed by atoms with Gasteiger partial charge in [-0.05, 0) is 38.7 Å². The first-order chi connectivity index (χ1) is 12.2. The normalized spacial score (nSPS) is 21.1. The number of nitrogens with one attached hydrogen (secondary N) is 2. The number of piperidine rings is 1. The highest BCUT2D eigenvalue weighted by molar-refractivity contribution is 14.0. The van der Waals surface area contributed by atoms with Gasteiger partial charge in [-0.25, -0.2) is 0 Å². The lowest BCUT2D eigenvalue weighted by molar-refractivity contribution is 0.134. The fourth-order valence-corrected chi connectivity index (χ4v) is 3.32. The maximum Gasteiger partial charge on any atom is 0.191 e. The third-order valence-electron chi connectivity index (χ3n) is 4.70. The molecule has 148 valence electrons. The Bertz CT molecular complexity index is 512. The Kier molecular flexibility index (Phi) is 11.9. The van der Waals surface area contributed by atoms with Gasteiger partial charge in [0.1, 0.15) is 0 Å². The molecule has 0 aromatic heterocycles. The number of halogens is 1. The van der Waals surface area contributed by atoms with Crippen LogP contribution in [0, 0.1) is 0 Å². The van der Waals surface area contributed by atoms with Crippen molar-refractivity contribution in [2.75, 3.05) is 33.4 Å². The van der Waals surface area contributed by atoms with Crippen LogP contribution in [0.3, 0.4) is 0 Å². The number of nitrogens with zero attached hydrogens (tertiary/aromatic N) is 2. The van der Waals surface area contributed by atoms with E-state index in [4.69, 9.17) is 4.74 Å². The van der Waals surface area contributed by atoms with Gasteiger partial charge >= 0.3 is 0 Å². The summed E-state index contributed by atoms with van der Waals surface area (Å²) in [7, 11) is 1.73. The van der Waals surface area contributed by atoms with Crippen LogP contribution in [0.4, 0.5) is 0 Å². The average molecular weight is 474 g/mol. The summed E-state index contributed by atoms with van der Waals surface area (Å²) in [6.07, 6.45) is 3.26. The Morgan fingerprint density at radius 1 is 1.31 bits per heavy atom. The smallest absolute Gasteiger partial charge is 0.191 e. The zero-order valence-corrected chi connectivity index (χ0v) is 18.7. The number of methoxy groups -OCH3 is 1. The summed E-state index contributed by atoms with van der Waals surface area (Å²) >= 11 is 0. The Morgan fingerprint density at radius 3 is 2.73 bits per heavy atom. The van der Waals surface area contributed by atoms with E-state index in [1.807, 2.05) is 0 Å². The Balaban J connectivity index is 0.00000338. The number of likely N-dealkylation sites (tertiary alicyclic amines) is 1. The summed E-state index contributed by atoms with van der Waals surface area (Å²) in [6.45, 7) is 9.05. The first-order valence-electron chi connectivity index (χ1n) is 9.54. The lowest BCUT2D eigenvalue weighted by Crippen LogP contribution is -2.51. The molecule has 2 rings (SSSR count). The summed E-state index contributed by atoms with van der Waals surface area (Å²) in [4.78, 5) is 7.24. The molecule has 1 aliphatic heterocycles. The van der Waals surface area contributed by atoms with Crippen LogP contribution >= 0.6 is 24.0 Å². The second-order valence-electron chi connectivity index (χ2n) is 6.78. The molecule has 2 unspecified atom stereocenters. The van der Waals surface area contributed by atoms with Crippen LogP contribution in [-0.4, -0.2) is 56.3 Å². The lowest BCUT2D eigenvalue weighted by atomic mass is 9.97. The highest BCUT2D eigenvalue weighted by atomic mass is 127. The number of hydrogen-bond donors (Lipinski definition) is 2. The minimum Gasteiger partial charge on any atom is -0.385 e. The first kappa shape index (κ1) is 23.2. The summed E-state index contributed by atoms with van der Waals surface area (Å²) in [5, 5.41) is 6.98. The SMILES string of the molecule is CCNC(=NCCCOC)NC1CCN(Cc2ccccc2)C(C)C1.I. The predicted octanol–water partition coefficient (Wildman–Crippen LogP) is 3.25. The van der Waals surface area contributed by atoms with Gasteiger partial charge in [0, 0.05) is 52.0 Å². The van der Waals surface area contributed by atoms with E-state index in [0.717, 1.165) is 58.0 Å². The van der Waals surface area contributed by atoms with Gasteiger partial charge in [-0.1, -0.05) is 30.3 Å². The van der Waals surface area contributed by atoms with Crippen LogP contribution in [0.2, 0.25) is 0 Å². The van der Waals surface area contributed by atoms with Gasteiger partial charge in [0.2, 0.25) is 0 Å². The molecule has 0 spiro atoms. The molecule has 0 bridgehead atoms. The number of aliphatic imine (C=N–C) groups is 1. The maximum absolute atomic E-state index is 5.09. The van der Waals surface area contributed by atoms with Crippen LogP contribution in [0.5, 0.6) is 0 Å². The van der Waals surface area contributed by atoms with Crippen molar-refractivity contribution in [3.05, 3.63) is 35.9 Å². The molecule has 26 heavy (non-hydrogen) atoms. The molecule has 1 heterocycles. The number of hydrogen-bond acceptors (Lipinski definition) is 3. The fourth-order valence-electron chi connectivity index (χ4n) is 3.32. The van der Waals surface area contributed by atoms with E-state index in [9.17, 15) is 0 Å². The topological polar surface area (TPSA) is 48.9 Å². The van der Waals surface area contributed by atoms with Crippen LogP contribution < -0.4 is 10.6 Å². The van der Waals surface area contributed by atoms with E-state index < -0.39 is 0 Å². The fraction of sp³-hybridized carbons (Fsp3) is 0.650. The molecule has 2 N–H and O–H groups in total. The van der Waals surface area contributed by atoms with Crippen LogP contribution in [0.25, 0.3) is 0 Å². The molecule has 0 amide bonds.